The Balaban J connectivity index is 2.17. The van der Waals surface area contributed by atoms with Crippen LogP contribution in [-0.2, 0) is 4.74 Å². The summed E-state index contributed by atoms with van der Waals surface area (Å²) in [5, 5.41) is 9.19. The van der Waals surface area contributed by atoms with Gasteiger partial charge in [-0.2, -0.15) is 5.26 Å². The van der Waals surface area contributed by atoms with Crippen molar-refractivity contribution >= 4 is 12.0 Å². The summed E-state index contributed by atoms with van der Waals surface area (Å²) in [6, 6.07) is 3.55. The number of carbonyl (C=O) groups excluding carboxylic acids is 2. The van der Waals surface area contributed by atoms with Gasteiger partial charge in [0.25, 0.3) is 5.91 Å². The van der Waals surface area contributed by atoms with Crippen molar-refractivity contribution < 1.29 is 14.3 Å². The fourth-order valence-corrected chi connectivity index (χ4v) is 2.83. The number of ether oxygens (including phenoxy) is 1. The van der Waals surface area contributed by atoms with Gasteiger partial charge in [0.05, 0.1) is 16.7 Å². The van der Waals surface area contributed by atoms with Crippen LogP contribution in [0.1, 0.15) is 50.5 Å². The Labute approximate surface area is 148 Å². The molecule has 1 saturated heterocycles. The van der Waals surface area contributed by atoms with Gasteiger partial charge < -0.3 is 14.5 Å². The van der Waals surface area contributed by atoms with E-state index in [4.69, 9.17) is 4.74 Å². The lowest BCUT2D eigenvalue weighted by molar-refractivity contribution is -0.0109. The molecule has 0 atom stereocenters. The molecule has 0 N–H and O–H groups in total. The van der Waals surface area contributed by atoms with E-state index in [1.807, 2.05) is 40.7 Å². The molecule has 1 fully saturated rings. The van der Waals surface area contributed by atoms with Gasteiger partial charge in [-0.25, -0.2) is 4.79 Å². The lowest BCUT2D eigenvalue weighted by Crippen LogP contribution is -2.62. The lowest BCUT2D eigenvalue weighted by Gasteiger charge is -2.47. The maximum atomic E-state index is 12.9. The summed E-state index contributed by atoms with van der Waals surface area (Å²) in [6.45, 7) is 10.4. The number of aromatic nitrogens is 1. The Kier molecular flexibility index (Phi) is 5.02. The first-order valence-corrected chi connectivity index (χ1v) is 8.19. The fourth-order valence-electron chi connectivity index (χ4n) is 2.83. The van der Waals surface area contributed by atoms with Crippen LogP contribution in [0.2, 0.25) is 0 Å². The minimum atomic E-state index is -0.581. The molecule has 134 valence electrons. The first-order chi connectivity index (χ1) is 11.5. The minimum absolute atomic E-state index is 0.229. The van der Waals surface area contributed by atoms with Crippen molar-refractivity contribution in [2.75, 3.05) is 19.6 Å². The van der Waals surface area contributed by atoms with Crippen LogP contribution in [-0.4, -0.2) is 57.6 Å². The molecule has 1 aliphatic heterocycles. The van der Waals surface area contributed by atoms with E-state index in [-0.39, 0.29) is 17.6 Å². The molecule has 2 amide bonds. The molecule has 0 aromatic carbocycles. The molecule has 0 radical (unpaired) electrons. The van der Waals surface area contributed by atoms with E-state index in [2.05, 4.69) is 4.98 Å². The van der Waals surface area contributed by atoms with Gasteiger partial charge in [-0.3, -0.25) is 9.78 Å². The van der Waals surface area contributed by atoms with Crippen LogP contribution in [0.25, 0.3) is 0 Å². The van der Waals surface area contributed by atoms with Crippen molar-refractivity contribution in [3.05, 3.63) is 29.6 Å². The number of piperazine rings is 1. The number of amides is 2. The summed E-state index contributed by atoms with van der Waals surface area (Å²) in [7, 11) is 0. The van der Waals surface area contributed by atoms with Crippen molar-refractivity contribution in [3.63, 3.8) is 0 Å². The molecule has 2 rings (SSSR count). The number of hydrogen-bond donors (Lipinski definition) is 0. The molecule has 0 bridgehead atoms. The van der Waals surface area contributed by atoms with Crippen LogP contribution in [0.15, 0.2) is 18.5 Å². The largest absolute Gasteiger partial charge is 0.444 e. The average molecular weight is 344 g/mol. The fraction of sp³-hybridized carbons (Fsp3) is 0.556. The van der Waals surface area contributed by atoms with E-state index in [9.17, 15) is 14.9 Å². The van der Waals surface area contributed by atoms with Crippen molar-refractivity contribution in [2.24, 2.45) is 0 Å². The monoisotopic (exact) mass is 344 g/mol. The molecule has 0 unspecified atom stereocenters. The molecule has 0 saturated carbocycles. The Morgan fingerprint density at radius 3 is 2.56 bits per heavy atom. The second kappa shape index (κ2) is 6.71. The molecule has 1 aromatic heterocycles. The number of hydrogen-bond acceptors (Lipinski definition) is 5. The van der Waals surface area contributed by atoms with E-state index < -0.39 is 11.1 Å². The van der Waals surface area contributed by atoms with E-state index in [1.165, 1.54) is 12.4 Å². The van der Waals surface area contributed by atoms with Crippen molar-refractivity contribution in [2.45, 2.75) is 45.8 Å². The number of rotatable bonds is 1. The molecule has 7 heteroatoms. The molecular weight excluding hydrogens is 320 g/mol. The summed E-state index contributed by atoms with van der Waals surface area (Å²) >= 11 is 0. The van der Waals surface area contributed by atoms with Gasteiger partial charge in [0, 0.05) is 32.0 Å². The zero-order valence-electron chi connectivity index (χ0n) is 15.4. The van der Waals surface area contributed by atoms with E-state index in [0.717, 1.165) is 0 Å². The Bertz CT molecular complexity index is 716. The van der Waals surface area contributed by atoms with E-state index in [1.54, 1.807) is 15.9 Å². The van der Waals surface area contributed by atoms with Crippen molar-refractivity contribution in [3.8, 4) is 6.07 Å². The molecule has 7 nitrogen and oxygen atoms in total. The van der Waals surface area contributed by atoms with Crippen LogP contribution in [0.4, 0.5) is 4.79 Å². The van der Waals surface area contributed by atoms with Crippen LogP contribution in [0.3, 0.4) is 0 Å². The lowest BCUT2D eigenvalue weighted by atomic mass is 9.97. The average Bonchev–Trinajstić information content (AvgIpc) is 2.51. The van der Waals surface area contributed by atoms with Gasteiger partial charge in [-0.1, -0.05) is 0 Å². The Morgan fingerprint density at radius 1 is 1.32 bits per heavy atom. The highest BCUT2D eigenvalue weighted by Crippen LogP contribution is 2.25. The van der Waals surface area contributed by atoms with E-state index in [0.29, 0.717) is 25.2 Å². The standard InChI is InChI=1S/C18H24N4O3/c1-17(2,3)25-16(24)21-8-9-22(18(4,5)12-21)15(23)14-6-7-20-11-13(14)10-19/h6-7,11H,8-9,12H2,1-5H3. The van der Waals surface area contributed by atoms with Gasteiger partial charge in [0.2, 0.25) is 0 Å². The maximum Gasteiger partial charge on any atom is 0.410 e. The van der Waals surface area contributed by atoms with Gasteiger partial charge in [-0.15, -0.1) is 0 Å². The Hall–Kier alpha value is -2.62. The summed E-state index contributed by atoms with van der Waals surface area (Å²) < 4.78 is 5.42. The number of carbonyl (C=O) groups is 2. The van der Waals surface area contributed by atoms with Gasteiger partial charge >= 0.3 is 6.09 Å². The van der Waals surface area contributed by atoms with Crippen LogP contribution >= 0.6 is 0 Å². The first kappa shape index (κ1) is 18.7. The SMILES string of the molecule is CC(C)(C)OC(=O)N1CCN(C(=O)c2ccncc2C#N)C(C)(C)C1. The maximum absolute atomic E-state index is 12.9. The quantitative estimate of drug-likeness (QED) is 0.781. The molecule has 1 aliphatic rings. The second-order valence-electron chi connectivity index (χ2n) is 7.70. The van der Waals surface area contributed by atoms with E-state index >= 15 is 0 Å². The molecule has 2 heterocycles. The summed E-state index contributed by atoms with van der Waals surface area (Å²) in [4.78, 5) is 32.4. The Morgan fingerprint density at radius 2 is 2.00 bits per heavy atom. The van der Waals surface area contributed by atoms with Gasteiger partial charge in [-0.05, 0) is 40.7 Å². The summed E-state index contributed by atoms with van der Waals surface area (Å²) in [6.07, 6.45) is 2.50. The molecule has 25 heavy (non-hydrogen) atoms. The third kappa shape index (κ3) is 4.27. The number of pyridine rings is 1. The summed E-state index contributed by atoms with van der Waals surface area (Å²) in [5.41, 5.74) is -0.566. The zero-order chi connectivity index (χ0) is 18.8. The van der Waals surface area contributed by atoms with Crippen molar-refractivity contribution in [1.82, 2.24) is 14.8 Å². The molecule has 0 aliphatic carbocycles. The second-order valence-corrected chi connectivity index (χ2v) is 7.70. The number of nitrogens with zero attached hydrogens (tertiary/aromatic N) is 4. The third-order valence-electron chi connectivity index (χ3n) is 3.97. The predicted molar refractivity (Wildman–Crippen MR) is 91.9 cm³/mol. The highest BCUT2D eigenvalue weighted by molar-refractivity contribution is 5.97. The highest BCUT2D eigenvalue weighted by Gasteiger charge is 2.40. The first-order valence-electron chi connectivity index (χ1n) is 8.19. The van der Waals surface area contributed by atoms with Crippen LogP contribution in [0.5, 0.6) is 0 Å². The molecule has 1 aromatic rings. The predicted octanol–water partition coefficient (Wildman–Crippen LogP) is 2.42. The smallest absolute Gasteiger partial charge is 0.410 e. The highest BCUT2D eigenvalue weighted by atomic mass is 16.6. The summed E-state index contributed by atoms with van der Waals surface area (Å²) in [5.74, 6) is -0.229. The molecular formula is C18H24N4O3. The topological polar surface area (TPSA) is 86.5 Å². The number of nitriles is 1. The van der Waals surface area contributed by atoms with Crippen molar-refractivity contribution in [1.29, 1.82) is 5.26 Å². The van der Waals surface area contributed by atoms with Gasteiger partial charge in [0.1, 0.15) is 11.7 Å². The molecule has 0 spiro atoms. The minimum Gasteiger partial charge on any atom is -0.444 e. The zero-order valence-corrected chi connectivity index (χ0v) is 15.4. The van der Waals surface area contributed by atoms with Gasteiger partial charge in [0.15, 0.2) is 0 Å². The normalized spacial score (nSPS) is 17.0. The van der Waals surface area contributed by atoms with Crippen LogP contribution in [0, 0.1) is 11.3 Å². The third-order valence-corrected chi connectivity index (χ3v) is 3.97. The van der Waals surface area contributed by atoms with Crippen LogP contribution < -0.4 is 0 Å².